The van der Waals surface area contributed by atoms with Crippen LogP contribution in [0.5, 0.6) is 0 Å². The van der Waals surface area contributed by atoms with Crippen LogP contribution in [-0.2, 0) is 6.42 Å². The van der Waals surface area contributed by atoms with Crippen molar-refractivity contribution >= 4 is 0 Å². The molecule has 1 rings (SSSR count). The molecule has 1 aromatic rings. The number of aryl methyl sites for hydroxylation is 1. The first-order chi connectivity index (χ1) is 7.09. The first kappa shape index (κ1) is 12.2. The van der Waals surface area contributed by atoms with Gasteiger partial charge < -0.3 is 5.32 Å². The molecule has 0 unspecified atom stereocenters. The summed E-state index contributed by atoms with van der Waals surface area (Å²) >= 11 is 0. The molecule has 0 aromatic carbocycles. The van der Waals surface area contributed by atoms with Gasteiger partial charge in [0.2, 0.25) is 0 Å². The monoisotopic (exact) mass is 209 g/mol. The Morgan fingerprint density at radius 3 is 2.60 bits per heavy atom. The summed E-state index contributed by atoms with van der Waals surface area (Å²) in [6, 6.07) is 1.05. The molecule has 1 heterocycles. The van der Waals surface area contributed by atoms with Crippen LogP contribution >= 0.6 is 0 Å². The minimum absolute atomic E-state index is 0.465. The van der Waals surface area contributed by atoms with Crippen LogP contribution in [-0.4, -0.2) is 22.4 Å². The van der Waals surface area contributed by atoms with Crippen molar-refractivity contribution in [2.75, 3.05) is 6.54 Å². The third-order valence-electron chi connectivity index (χ3n) is 2.38. The molecule has 86 valence electrons. The molecule has 0 aliphatic rings. The van der Waals surface area contributed by atoms with Crippen LogP contribution in [0.3, 0.4) is 0 Å². The van der Waals surface area contributed by atoms with Crippen LogP contribution in [0.15, 0.2) is 12.4 Å². The fourth-order valence-electron chi connectivity index (χ4n) is 1.47. The van der Waals surface area contributed by atoms with Gasteiger partial charge in [-0.1, -0.05) is 13.8 Å². The van der Waals surface area contributed by atoms with Gasteiger partial charge in [0.25, 0.3) is 0 Å². The molecule has 3 nitrogen and oxygen atoms in total. The Bertz CT molecular complexity index is 276. The van der Waals surface area contributed by atoms with Crippen LogP contribution in [0.1, 0.15) is 45.7 Å². The second-order valence-electron chi connectivity index (χ2n) is 4.63. The molecule has 0 aliphatic carbocycles. The second-order valence-corrected chi connectivity index (χ2v) is 4.63. The summed E-state index contributed by atoms with van der Waals surface area (Å²) in [5.74, 6) is 0. The highest BCUT2D eigenvalue weighted by molar-refractivity contribution is 5.04. The Kier molecular flexibility index (Phi) is 4.82. The zero-order valence-corrected chi connectivity index (χ0v) is 10.3. The van der Waals surface area contributed by atoms with E-state index in [2.05, 4.69) is 44.3 Å². The molecule has 0 amide bonds. The Morgan fingerprint density at radius 2 is 2.07 bits per heavy atom. The van der Waals surface area contributed by atoms with Gasteiger partial charge in [0.1, 0.15) is 0 Å². The van der Waals surface area contributed by atoms with Crippen molar-refractivity contribution in [1.82, 2.24) is 15.1 Å². The van der Waals surface area contributed by atoms with E-state index in [1.807, 2.05) is 10.9 Å². The molecule has 0 bridgehead atoms. The van der Waals surface area contributed by atoms with Gasteiger partial charge in [-0.05, 0) is 38.8 Å². The Morgan fingerprint density at radius 1 is 1.33 bits per heavy atom. The van der Waals surface area contributed by atoms with Gasteiger partial charge in [-0.25, -0.2) is 0 Å². The predicted octanol–water partition coefficient (Wildman–Crippen LogP) is 2.39. The van der Waals surface area contributed by atoms with Gasteiger partial charge in [0.15, 0.2) is 0 Å². The lowest BCUT2D eigenvalue weighted by Gasteiger charge is -2.06. The third kappa shape index (κ3) is 4.47. The van der Waals surface area contributed by atoms with Gasteiger partial charge >= 0.3 is 0 Å². The number of nitrogens with one attached hydrogen (secondary N) is 1. The molecule has 15 heavy (non-hydrogen) atoms. The molecule has 3 heteroatoms. The number of hydrogen-bond acceptors (Lipinski definition) is 2. The largest absolute Gasteiger partial charge is 0.315 e. The van der Waals surface area contributed by atoms with Crippen molar-refractivity contribution in [1.29, 1.82) is 0 Å². The molecule has 1 N–H and O–H groups in total. The second kappa shape index (κ2) is 5.91. The van der Waals surface area contributed by atoms with Crippen LogP contribution in [0.4, 0.5) is 0 Å². The highest BCUT2D eigenvalue weighted by atomic mass is 15.3. The predicted molar refractivity (Wildman–Crippen MR) is 64.1 cm³/mol. The zero-order valence-electron chi connectivity index (χ0n) is 10.3. The number of nitrogens with zero attached hydrogens (tertiary/aromatic N) is 2. The van der Waals surface area contributed by atoms with Crippen molar-refractivity contribution in [3.05, 3.63) is 18.0 Å². The molecule has 0 fully saturated rings. The van der Waals surface area contributed by atoms with Gasteiger partial charge in [0.05, 0.1) is 6.20 Å². The lowest BCUT2D eigenvalue weighted by atomic mass is 10.2. The minimum atomic E-state index is 0.465. The summed E-state index contributed by atoms with van der Waals surface area (Å²) < 4.78 is 2.02. The maximum absolute atomic E-state index is 4.33. The Labute approximate surface area is 92.9 Å². The fourth-order valence-corrected chi connectivity index (χ4v) is 1.47. The van der Waals surface area contributed by atoms with E-state index in [1.165, 1.54) is 12.0 Å². The lowest BCUT2D eigenvalue weighted by Crippen LogP contribution is -2.23. The number of hydrogen-bond donors (Lipinski definition) is 1. The number of rotatable bonds is 6. The summed E-state index contributed by atoms with van der Waals surface area (Å²) in [5, 5.41) is 7.74. The molecule has 1 aromatic heterocycles. The first-order valence-corrected chi connectivity index (χ1v) is 5.86. The molecule has 0 radical (unpaired) electrons. The van der Waals surface area contributed by atoms with Crippen molar-refractivity contribution < 1.29 is 0 Å². The number of aromatic nitrogens is 2. The van der Waals surface area contributed by atoms with E-state index >= 15 is 0 Å². The highest BCUT2D eigenvalue weighted by Crippen LogP contribution is 2.06. The zero-order chi connectivity index (χ0) is 11.3. The average molecular weight is 209 g/mol. The lowest BCUT2D eigenvalue weighted by molar-refractivity contribution is 0.531. The standard InChI is InChI=1S/C12H23N3/c1-10(2)13-7-5-6-12-8-14-15(9-12)11(3)4/h8-11,13H,5-7H2,1-4H3. The topological polar surface area (TPSA) is 29.9 Å². The van der Waals surface area contributed by atoms with Crippen LogP contribution in [0, 0.1) is 0 Å². The highest BCUT2D eigenvalue weighted by Gasteiger charge is 2.01. The minimum Gasteiger partial charge on any atom is -0.315 e. The molecule has 0 spiro atoms. The Balaban J connectivity index is 2.26. The molecular formula is C12H23N3. The van der Waals surface area contributed by atoms with Crippen molar-refractivity contribution in [3.8, 4) is 0 Å². The van der Waals surface area contributed by atoms with E-state index < -0.39 is 0 Å². The summed E-state index contributed by atoms with van der Waals surface area (Å²) in [6.45, 7) is 9.74. The van der Waals surface area contributed by atoms with Crippen LogP contribution < -0.4 is 5.32 Å². The molecule has 0 saturated carbocycles. The molecule has 0 atom stereocenters. The van der Waals surface area contributed by atoms with E-state index in [-0.39, 0.29) is 0 Å². The maximum Gasteiger partial charge on any atom is 0.0521 e. The van der Waals surface area contributed by atoms with Gasteiger partial charge in [-0.15, -0.1) is 0 Å². The molecule has 0 aliphatic heterocycles. The van der Waals surface area contributed by atoms with Crippen molar-refractivity contribution in [3.63, 3.8) is 0 Å². The van der Waals surface area contributed by atoms with Gasteiger partial charge in [0, 0.05) is 18.3 Å². The summed E-state index contributed by atoms with van der Waals surface area (Å²) in [4.78, 5) is 0. The van der Waals surface area contributed by atoms with Crippen molar-refractivity contribution in [2.45, 2.75) is 52.6 Å². The normalized spacial score (nSPS) is 11.6. The van der Waals surface area contributed by atoms with E-state index in [1.54, 1.807) is 0 Å². The van der Waals surface area contributed by atoms with E-state index in [0.717, 1.165) is 13.0 Å². The van der Waals surface area contributed by atoms with E-state index in [0.29, 0.717) is 12.1 Å². The molecule has 0 saturated heterocycles. The average Bonchev–Trinajstić information content (AvgIpc) is 2.60. The quantitative estimate of drug-likeness (QED) is 0.729. The summed E-state index contributed by atoms with van der Waals surface area (Å²) in [5.41, 5.74) is 1.34. The van der Waals surface area contributed by atoms with E-state index in [4.69, 9.17) is 0 Å². The van der Waals surface area contributed by atoms with Crippen LogP contribution in [0.25, 0.3) is 0 Å². The van der Waals surface area contributed by atoms with Crippen LogP contribution in [0.2, 0.25) is 0 Å². The Hall–Kier alpha value is -0.830. The summed E-state index contributed by atoms with van der Waals surface area (Å²) in [7, 11) is 0. The first-order valence-electron chi connectivity index (χ1n) is 5.86. The molecular weight excluding hydrogens is 186 g/mol. The van der Waals surface area contributed by atoms with Gasteiger partial charge in [-0.2, -0.15) is 5.10 Å². The van der Waals surface area contributed by atoms with Gasteiger partial charge in [-0.3, -0.25) is 4.68 Å². The maximum atomic E-state index is 4.33. The van der Waals surface area contributed by atoms with E-state index in [9.17, 15) is 0 Å². The van der Waals surface area contributed by atoms with Crippen molar-refractivity contribution in [2.24, 2.45) is 0 Å². The third-order valence-corrected chi connectivity index (χ3v) is 2.38. The summed E-state index contributed by atoms with van der Waals surface area (Å²) in [6.07, 6.45) is 6.43. The SMILES string of the molecule is CC(C)NCCCc1cnn(C(C)C)c1. The fraction of sp³-hybridized carbons (Fsp3) is 0.750. The smallest absolute Gasteiger partial charge is 0.0521 e.